The molecular weight excluding hydrogens is 394 g/mol. The van der Waals surface area contributed by atoms with E-state index in [-0.39, 0.29) is 0 Å². The van der Waals surface area contributed by atoms with Crippen LogP contribution in [-0.2, 0) is 13.0 Å². The second kappa shape index (κ2) is 10.8. The molecule has 0 atom stereocenters. The summed E-state index contributed by atoms with van der Waals surface area (Å²) < 4.78 is 0. The largest absolute Gasteiger partial charge is 0.385 e. The Morgan fingerprint density at radius 1 is 1.28 bits per heavy atom. The van der Waals surface area contributed by atoms with E-state index < -0.39 is 0 Å². The van der Waals surface area contributed by atoms with Crippen molar-refractivity contribution >= 4 is 17.1 Å². The maximum absolute atomic E-state index is 5.48. The standard InChI is InChI=1S/C18H19N.C9H16N4/c1-4-14-7-9-18-13(3)19(12-16(18)10-14)17-8-6-15(5-2)11-17;1-11-8-7-12-5-3-9(8)13(2)6-4-10/h5-10H,2-4,11-12H2,1H3;3,5,7,11H,4,6,10H2,1-2H3. The summed E-state index contributed by atoms with van der Waals surface area (Å²) in [5, 5.41) is 3.09. The Morgan fingerprint density at radius 2 is 2.09 bits per heavy atom. The first-order valence-corrected chi connectivity index (χ1v) is 11.2. The van der Waals surface area contributed by atoms with Crippen molar-refractivity contribution in [2.24, 2.45) is 5.73 Å². The highest BCUT2D eigenvalue weighted by Gasteiger charge is 2.26. The van der Waals surface area contributed by atoms with Crippen molar-refractivity contribution in [2.75, 3.05) is 37.4 Å². The molecule has 2 aromatic rings. The van der Waals surface area contributed by atoms with Gasteiger partial charge in [-0.3, -0.25) is 4.98 Å². The second-order valence-electron chi connectivity index (χ2n) is 8.01. The van der Waals surface area contributed by atoms with E-state index in [0.29, 0.717) is 6.54 Å². The number of hydrogen-bond acceptors (Lipinski definition) is 5. The molecule has 5 heteroatoms. The van der Waals surface area contributed by atoms with Crippen LogP contribution in [0.25, 0.3) is 5.70 Å². The maximum atomic E-state index is 5.48. The van der Waals surface area contributed by atoms with Crippen molar-refractivity contribution in [1.29, 1.82) is 0 Å². The van der Waals surface area contributed by atoms with Crippen LogP contribution in [0.3, 0.4) is 0 Å². The lowest BCUT2D eigenvalue weighted by molar-refractivity contribution is 0.499. The number of nitrogens with one attached hydrogen (secondary N) is 1. The van der Waals surface area contributed by atoms with Crippen LogP contribution in [0.5, 0.6) is 0 Å². The Kier molecular flexibility index (Phi) is 7.90. The van der Waals surface area contributed by atoms with Crippen molar-refractivity contribution in [3.05, 3.63) is 96.0 Å². The van der Waals surface area contributed by atoms with Gasteiger partial charge in [-0.05, 0) is 35.3 Å². The lowest BCUT2D eigenvalue weighted by atomic mass is 10.0. The Balaban J connectivity index is 0.000000195. The van der Waals surface area contributed by atoms with Crippen molar-refractivity contribution in [1.82, 2.24) is 9.88 Å². The van der Waals surface area contributed by atoms with Gasteiger partial charge in [0.2, 0.25) is 0 Å². The number of aromatic nitrogens is 1. The lowest BCUT2D eigenvalue weighted by Gasteiger charge is -2.21. The molecule has 3 N–H and O–H groups in total. The summed E-state index contributed by atoms with van der Waals surface area (Å²) in [6, 6.07) is 8.72. The molecule has 32 heavy (non-hydrogen) atoms. The molecule has 2 aliphatic rings. The van der Waals surface area contributed by atoms with Crippen LogP contribution in [0, 0.1) is 0 Å². The molecule has 4 rings (SSSR count). The van der Waals surface area contributed by atoms with Gasteiger partial charge >= 0.3 is 0 Å². The molecule has 168 valence electrons. The average molecular weight is 430 g/mol. The second-order valence-corrected chi connectivity index (χ2v) is 8.01. The highest BCUT2D eigenvalue weighted by atomic mass is 15.2. The first-order chi connectivity index (χ1) is 15.5. The van der Waals surface area contributed by atoms with E-state index in [1.54, 1.807) is 6.20 Å². The zero-order valence-corrected chi connectivity index (χ0v) is 19.6. The first-order valence-electron chi connectivity index (χ1n) is 11.2. The number of rotatable bonds is 7. The highest BCUT2D eigenvalue weighted by Crippen LogP contribution is 2.38. The number of hydrogen-bond donors (Lipinski definition) is 2. The van der Waals surface area contributed by atoms with E-state index in [9.17, 15) is 0 Å². The number of fused-ring (bicyclic) bond motifs is 1. The molecule has 0 radical (unpaired) electrons. The number of pyridine rings is 1. The van der Waals surface area contributed by atoms with Crippen LogP contribution in [0.1, 0.15) is 30.0 Å². The number of benzene rings is 1. The molecule has 1 aromatic carbocycles. The van der Waals surface area contributed by atoms with Crippen LogP contribution < -0.4 is 16.0 Å². The fourth-order valence-electron chi connectivity index (χ4n) is 4.05. The van der Waals surface area contributed by atoms with Crippen molar-refractivity contribution in [3.63, 3.8) is 0 Å². The van der Waals surface area contributed by atoms with Crippen molar-refractivity contribution < 1.29 is 0 Å². The molecule has 0 spiro atoms. The molecular formula is C27H35N5. The molecule has 0 fully saturated rings. The SMILES string of the molecule is C=CC1=CC=C(N2Cc3cc(CC)ccc3C2=C)C1.CNc1cnccc1N(C)CCN. The van der Waals surface area contributed by atoms with Gasteiger partial charge in [-0.2, -0.15) is 0 Å². The smallest absolute Gasteiger partial charge is 0.0761 e. The summed E-state index contributed by atoms with van der Waals surface area (Å²) in [4.78, 5) is 8.47. The van der Waals surface area contributed by atoms with E-state index in [4.69, 9.17) is 5.73 Å². The van der Waals surface area contributed by atoms with Gasteiger partial charge in [0, 0.05) is 63.3 Å². The molecule has 0 amide bonds. The van der Waals surface area contributed by atoms with Gasteiger partial charge in [0.1, 0.15) is 0 Å². The van der Waals surface area contributed by atoms with Crippen LogP contribution in [0.4, 0.5) is 11.4 Å². The summed E-state index contributed by atoms with van der Waals surface area (Å²) in [7, 11) is 3.90. The number of aryl methyl sites for hydroxylation is 1. The molecule has 0 unspecified atom stereocenters. The van der Waals surface area contributed by atoms with E-state index >= 15 is 0 Å². The number of allylic oxidation sites excluding steroid dienone is 4. The zero-order chi connectivity index (χ0) is 23.1. The number of likely N-dealkylation sites (N-methyl/N-ethyl adjacent to an activating group) is 1. The third kappa shape index (κ3) is 5.11. The van der Waals surface area contributed by atoms with Crippen molar-refractivity contribution in [3.8, 4) is 0 Å². The van der Waals surface area contributed by atoms with Gasteiger partial charge < -0.3 is 20.9 Å². The summed E-state index contributed by atoms with van der Waals surface area (Å²) in [5.41, 5.74) is 15.5. The minimum Gasteiger partial charge on any atom is -0.385 e. The van der Waals surface area contributed by atoms with E-state index in [2.05, 4.69) is 70.5 Å². The Labute approximate surface area is 192 Å². The highest BCUT2D eigenvalue weighted by molar-refractivity contribution is 5.71. The molecule has 1 aromatic heterocycles. The van der Waals surface area contributed by atoms with Crippen LogP contribution in [0.2, 0.25) is 0 Å². The van der Waals surface area contributed by atoms with E-state index in [0.717, 1.165) is 43.0 Å². The first kappa shape index (κ1) is 23.4. The Hall–Kier alpha value is -3.31. The summed E-state index contributed by atoms with van der Waals surface area (Å²) in [6.07, 6.45) is 11.9. The van der Waals surface area contributed by atoms with Gasteiger partial charge in [0.25, 0.3) is 0 Å². The third-order valence-electron chi connectivity index (χ3n) is 5.97. The quantitative estimate of drug-likeness (QED) is 0.652. The number of nitrogens with zero attached hydrogens (tertiary/aromatic N) is 3. The van der Waals surface area contributed by atoms with Gasteiger partial charge in [0.05, 0.1) is 17.6 Å². The molecule has 1 aliphatic heterocycles. The van der Waals surface area contributed by atoms with Crippen LogP contribution in [0.15, 0.2) is 79.3 Å². The maximum Gasteiger partial charge on any atom is 0.0761 e. The van der Waals surface area contributed by atoms with Crippen molar-refractivity contribution in [2.45, 2.75) is 26.3 Å². The van der Waals surface area contributed by atoms with Gasteiger partial charge in [0.15, 0.2) is 0 Å². The fourth-order valence-corrected chi connectivity index (χ4v) is 4.05. The minimum atomic E-state index is 0.655. The Morgan fingerprint density at radius 3 is 2.75 bits per heavy atom. The monoisotopic (exact) mass is 429 g/mol. The topological polar surface area (TPSA) is 57.4 Å². The van der Waals surface area contributed by atoms with Crippen LogP contribution >= 0.6 is 0 Å². The number of nitrogens with two attached hydrogens (primary N) is 1. The van der Waals surface area contributed by atoms with Gasteiger partial charge in [-0.15, -0.1) is 0 Å². The number of anilines is 2. The zero-order valence-electron chi connectivity index (χ0n) is 19.6. The molecule has 0 saturated carbocycles. The van der Waals surface area contributed by atoms with Gasteiger partial charge in [-0.1, -0.05) is 50.4 Å². The van der Waals surface area contributed by atoms with E-state index in [1.165, 1.54) is 28.0 Å². The third-order valence-corrected chi connectivity index (χ3v) is 5.97. The van der Waals surface area contributed by atoms with Gasteiger partial charge in [-0.25, -0.2) is 0 Å². The normalized spacial score (nSPS) is 14.2. The lowest BCUT2D eigenvalue weighted by Crippen LogP contribution is -2.25. The molecule has 1 aliphatic carbocycles. The molecule has 2 heterocycles. The summed E-state index contributed by atoms with van der Waals surface area (Å²) >= 11 is 0. The predicted octanol–water partition coefficient (Wildman–Crippen LogP) is 4.95. The Bertz CT molecular complexity index is 1030. The average Bonchev–Trinajstić information content (AvgIpc) is 3.43. The molecule has 5 nitrogen and oxygen atoms in total. The summed E-state index contributed by atoms with van der Waals surface area (Å²) in [5.74, 6) is 0. The molecule has 0 saturated heterocycles. The fraction of sp³-hybridized carbons (Fsp3) is 0.296. The van der Waals surface area contributed by atoms with Crippen LogP contribution in [-0.4, -0.2) is 37.1 Å². The minimum absolute atomic E-state index is 0.655. The van der Waals surface area contributed by atoms with E-state index in [1.807, 2.05) is 32.4 Å². The molecule has 0 bridgehead atoms. The summed E-state index contributed by atoms with van der Waals surface area (Å²) in [6.45, 7) is 12.8. The predicted molar refractivity (Wildman–Crippen MR) is 137 cm³/mol.